The first kappa shape index (κ1) is 29.5. The molecule has 0 aliphatic carbocycles. The molecule has 0 aliphatic rings. The molecule has 40 heavy (non-hydrogen) atoms. The van der Waals surface area contributed by atoms with Crippen molar-refractivity contribution in [1.82, 2.24) is 0 Å². The number of nitriles is 2. The Hall–Kier alpha value is -5.02. The zero-order valence-corrected chi connectivity index (χ0v) is 22.8. The van der Waals surface area contributed by atoms with Crippen LogP contribution in [-0.2, 0) is 9.53 Å². The van der Waals surface area contributed by atoms with Crippen molar-refractivity contribution in [3.8, 4) is 17.9 Å². The summed E-state index contributed by atoms with van der Waals surface area (Å²) in [4.78, 5) is 25.0. The minimum absolute atomic E-state index is 0.156. The lowest BCUT2D eigenvalue weighted by molar-refractivity contribution is -0.156. The first-order chi connectivity index (χ1) is 19.3. The van der Waals surface area contributed by atoms with E-state index in [1.807, 2.05) is 32.9 Å². The van der Waals surface area contributed by atoms with Crippen LogP contribution in [0.2, 0.25) is 0 Å². The first-order valence-electron chi connectivity index (χ1n) is 13.0. The molecule has 0 spiro atoms. The summed E-state index contributed by atoms with van der Waals surface area (Å²) in [6, 6.07) is 22.0. The predicted molar refractivity (Wildman–Crippen MR) is 151 cm³/mol. The Kier molecular flexibility index (Phi) is 10.5. The highest BCUT2D eigenvalue weighted by molar-refractivity contribution is 6.04. The maximum atomic E-state index is 12.6. The van der Waals surface area contributed by atoms with E-state index in [0.29, 0.717) is 33.9 Å². The minimum Gasteiger partial charge on any atom is -0.490 e. The van der Waals surface area contributed by atoms with Crippen LogP contribution in [0, 0.1) is 28.1 Å². The molecule has 9 heteroatoms. The molecular weight excluding hydrogens is 506 g/mol. The van der Waals surface area contributed by atoms with Crippen molar-refractivity contribution >= 4 is 28.9 Å². The fourth-order valence-corrected chi connectivity index (χ4v) is 3.85. The van der Waals surface area contributed by atoms with Gasteiger partial charge in [0.2, 0.25) is 0 Å². The van der Waals surface area contributed by atoms with Crippen molar-refractivity contribution in [3.05, 3.63) is 83.4 Å². The van der Waals surface area contributed by atoms with Gasteiger partial charge in [-0.3, -0.25) is 9.59 Å². The fraction of sp³-hybridized carbons (Fsp3) is 0.290. The number of esters is 1. The summed E-state index contributed by atoms with van der Waals surface area (Å²) < 4.78 is 11.1. The molecular formula is C31H31N5O4. The van der Waals surface area contributed by atoms with Gasteiger partial charge in [0.15, 0.2) is 0 Å². The van der Waals surface area contributed by atoms with Gasteiger partial charge in [0.25, 0.3) is 5.91 Å². The number of benzene rings is 3. The molecule has 0 heterocycles. The van der Waals surface area contributed by atoms with Crippen molar-refractivity contribution in [2.45, 2.75) is 40.0 Å². The Morgan fingerprint density at radius 3 is 2.27 bits per heavy atom. The molecule has 3 aromatic rings. The highest BCUT2D eigenvalue weighted by Gasteiger charge is 2.31. The van der Waals surface area contributed by atoms with E-state index in [0.717, 1.165) is 19.3 Å². The normalized spacial score (nSPS) is 12.1. The summed E-state index contributed by atoms with van der Waals surface area (Å²) in [5, 5.41) is 29.3. The van der Waals surface area contributed by atoms with E-state index in [1.54, 1.807) is 60.7 Å². The molecule has 0 aliphatic heterocycles. The Balaban J connectivity index is 1.49. The van der Waals surface area contributed by atoms with Crippen LogP contribution in [0.15, 0.2) is 77.0 Å². The number of carbonyl (C=O) groups is 2. The average molecular weight is 538 g/mol. The molecule has 0 aromatic heterocycles. The van der Waals surface area contributed by atoms with Gasteiger partial charge in [-0.05, 0) is 86.5 Å². The summed E-state index contributed by atoms with van der Waals surface area (Å²) >= 11 is 0. The van der Waals surface area contributed by atoms with E-state index in [2.05, 4.69) is 15.5 Å². The number of carbonyl (C=O) groups excluding carboxylic acids is 2. The topological polar surface area (TPSA) is 137 Å². The second-order valence-electron chi connectivity index (χ2n) is 9.33. The summed E-state index contributed by atoms with van der Waals surface area (Å²) in [7, 11) is 0. The van der Waals surface area contributed by atoms with Crippen LogP contribution in [0.5, 0.6) is 5.75 Å². The van der Waals surface area contributed by atoms with Crippen LogP contribution in [-0.4, -0.2) is 25.1 Å². The number of azo groups is 1. The van der Waals surface area contributed by atoms with E-state index in [1.165, 1.54) is 6.07 Å². The van der Waals surface area contributed by atoms with Gasteiger partial charge in [-0.1, -0.05) is 20.3 Å². The van der Waals surface area contributed by atoms with E-state index in [4.69, 9.17) is 14.7 Å². The van der Waals surface area contributed by atoms with Crippen LogP contribution in [0.25, 0.3) is 0 Å². The fourth-order valence-electron chi connectivity index (χ4n) is 3.85. The lowest BCUT2D eigenvalue weighted by atomic mass is 9.83. The number of hydrogen-bond donors (Lipinski definition) is 1. The van der Waals surface area contributed by atoms with Crippen LogP contribution in [0.4, 0.5) is 17.1 Å². The van der Waals surface area contributed by atoms with Gasteiger partial charge >= 0.3 is 5.97 Å². The lowest BCUT2D eigenvalue weighted by Gasteiger charge is -2.25. The van der Waals surface area contributed by atoms with Crippen LogP contribution < -0.4 is 10.1 Å². The number of rotatable bonds is 12. The van der Waals surface area contributed by atoms with Gasteiger partial charge in [0, 0.05) is 11.3 Å². The van der Waals surface area contributed by atoms with E-state index in [9.17, 15) is 14.9 Å². The first-order valence-corrected chi connectivity index (χ1v) is 13.0. The van der Waals surface area contributed by atoms with Crippen molar-refractivity contribution in [2.75, 3.05) is 18.5 Å². The molecule has 1 unspecified atom stereocenters. The molecule has 204 valence electrons. The summed E-state index contributed by atoms with van der Waals surface area (Å²) in [6.45, 7) is 6.33. The van der Waals surface area contributed by atoms with Gasteiger partial charge in [0.05, 0.1) is 28.3 Å². The molecule has 0 bridgehead atoms. The SMILES string of the molecule is CCCC(C)(CC)C(=O)OCCOc1ccc(C(=O)Nc2ccc(N=Nc3ccc(C#N)cc3C#N)cc2)cc1. The zero-order chi connectivity index (χ0) is 29.0. The van der Waals surface area contributed by atoms with Crippen molar-refractivity contribution < 1.29 is 19.1 Å². The van der Waals surface area contributed by atoms with Crippen LogP contribution in [0.1, 0.15) is 61.5 Å². The summed E-state index contributed by atoms with van der Waals surface area (Å²) in [5.74, 6) is 0.0693. The van der Waals surface area contributed by atoms with Gasteiger partial charge < -0.3 is 14.8 Å². The highest BCUT2D eigenvalue weighted by Crippen LogP contribution is 2.29. The third kappa shape index (κ3) is 7.99. The Morgan fingerprint density at radius 2 is 1.65 bits per heavy atom. The number of anilines is 1. The van der Waals surface area contributed by atoms with Crippen LogP contribution in [0.3, 0.4) is 0 Å². The Labute approximate surface area is 234 Å². The van der Waals surface area contributed by atoms with Crippen molar-refractivity contribution in [1.29, 1.82) is 10.5 Å². The maximum Gasteiger partial charge on any atom is 0.311 e. The number of hydrogen-bond acceptors (Lipinski definition) is 8. The number of ether oxygens (including phenoxy) is 2. The molecule has 3 aromatic carbocycles. The Morgan fingerprint density at radius 1 is 0.925 bits per heavy atom. The molecule has 1 N–H and O–H groups in total. The molecule has 1 amide bonds. The van der Waals surface area contributed by atoms with E-state index >= 15 is 0 Å². The third-order valence-electron chi connectivity index (χ3n) is 6.42. The third-order valence-corrected chi connectivity index (χ3v) is 6.42. The molecule has 0 saturated carbocycles. The second-order valence-corrected chi connectivity index (χ2v) is 9.33. The predicted octanol–water partition coefficient (Wildman–Crippen LogP) is 7.24. The average Bonchev–Trinajstić information content (AvgIpc) is 2.99. The monoisotopic (exact) mass is 537 g/mol. The second kappa shape index (κ2) is 14.2. The van der Waals surface area contributed by atoms with Gasteiger partial charge in [0.1, 0.15) is 30.7 Å². The highest BCUT2D eigenvalue weighted by atomic mass is 16.6. The molecule has 9 nitrogen and oxygen atoms in total. The van der Waals surface area contributed by atoms with Crippen molar-refractivity contribution in [2.24, 2.45) is 15.6 Å². The van der Waals surface area contributed by atoms with Crippen LogP contribution >= 0.6 is 0 Å². The number of amides is 1. The van der Waals surface area contributed by atoms with Gasteiger partial charge in [-0.2, -0.15) is 15.6 Å². The molecule has 3 rings (SSSR count). The van der Waals surface area contributed by atoms with Gasteiger partial charge in [-0.25, -0.2) is 0 Å². The van der Waals surface area contributed by atoms with Crippen molar-refractivity contribution in [3.63, 3.8) is 0 Å². The van der Waals surface area contributed by atoms with E-state index < -0.39 is 5.41 Å². The molecule has 0 fully saturated rings. The quantitative estimate of drug-likeness (QED) is 0.147. The van der Waals surface area contributed by atoms with E-state index in [-0.39, 0.29) is 30.7 Å². The number of nitrogens with one attached hydrogen (secondary N) is 1. The molecule has 1 atom stereocenters. The molecule has 0 saturated heterocycles. The molecule has 0 radical (unpaired) electrons. The largest absolute Gasteiger partial charge is 0.490 e. The standard InChI is InChI=1S/C31H31N5O4/c1-4-16-31(3,5-2)30(38)40-18-17-39-27-13-7-23(8-14-27)29(37)34-25-9-11-26(12-10-25)35-36-28-15-6-22(20-32)19-24(28)21-33/h6-15,19H,4-5,16-18H2,1-3H3,(H,34,37). The minimum atomic E-state index is -0.470. The van der Waals surface area contributed by atoms with Gasteiger partial charge in [-0.15, -0.1) is 5.11 Å². The lowest BCUT2D eigenvalue weighted by Crippen LogP contribution is -2.30. The zero-order valence-electron chi connectivity index (χ0n) is 22.8. The summed E-state index contributed by atoms with van der Waals surface area (Å²) in [5.41, 5.74) is 2.07. The smallest absolute Gasteiger partial charge is 0.311 e. The summed E-state index contributed by atoms with van der Waals surface area (Å²) in [6.07, 6.45) is 2.43. The Bertz CT molecular complexity index is 1440. The maximum absolute atomic E-state index is 12.6. The number of nitrogens with zero attached hydrogens (tertiary/aromatic N) is 4.